The Morgan fingerprint density at radius 2 is 1.89 bits per heavy atom. The smallest absolute Gasteiger partial charge is 0.272 e. The van der Waals surface area contributed by atoms with Crippen molar-refractivity contribution in [3.05, 3.63) is 100 Å². The molecule has 1 N–H and O–H groups in total. The standard InChI is InChI=1S/C32H32N4O2/c1-2-3-9-20-36-27-18-8-7-16-25(27)28(22-12-5-4-6-13-22)33-30(32(36)38)34-31(37)26-21-35-19-11-15-23-14-10-17-24(26)29(23)35/h4-8,11-13,15-18,21,30H,2-3,9-10,14,19-20H2,1H3,(H,34,37). The highest BCUT2D eigenvalue weighted by molar-refractivity contribution is 6.20. The van der Waals surface area contributed by atoms with Crippen LogP contribution in [0.4, 0.5) is 5.69 Å². The number of nitrogens with one attached hydrogen (secondary N) is 1. The van der Waals surface area contributed by atoms with Gasteiger partial charge in [-0.25, -0.2) is 4.99 Å². The number of hydrogen-bond donors (Lipinski definition) is 1. The number of aliphatic imine (C=N–C) groups is 1. The Morgan fingerprint density at radius 3 is 2.74 bits per heavy atom. The first-order valence-corrected chi connectivity index (χ1v) is 13.6. The summed E-state index contributed by atoms with van der Waals surface area (Å²) >= 11 is 0. The van der Waals surface area contributed by atoms with E-state index in [-0.39, 0.29) is 11.8 Å². The molecule has 0 spiro atoms. The second kappa shape index (κ2) is 10.3. The predicted octanol–water partition coefficient (Wildman–Crippen LogP) is 3.91. The van der Waals surface area contributed by atoms with E-state index in [0.717, 1.165) is 66.0 Å². The summed E-state index contributed by atoms with van der Waals surface area (Å²) < 4.78 is 2.13. The summed E-state index contributed by atoms with van der Waals surface area (Å²) in [7, 11) is 0. The van der Waals surface area contributed by atoms with Crippen LogP contribution in [-0.4, -0.2) is 34.8 Å². The lowest BCUT2D eigenvalue weighted by molar-refractivity contribution is -0.120. The first-order chi connectivity index (χ1) is 18.7. The number of hydrogen-bond acceptors (Lipinski definition) is 3. The van der Waals surface area contributed by atoms with Gasteiger partial charge in [-0.2, -0.15) is 0 Å². The molecule has 2 aliphatic heterocycles. The van der Waals surface area contributed by atoms with Gasteiger partial charge in [0.05, 0.1) is 22.3 Å². The van der Waals surface area contributed by atoms with Crippen LogP contribution < -0.4 is 20.8 Å². The normalized spacial score (nSPS) is 17.8. The van der Waals surface area contributed by atoms with Crippen LogP contribution >= 0.6 is 0 Å². The van der Waals surface area contributed by atoms with Crippen molar-refractivity contribution in [2.75, 3.05) is 11.4 Å². The van der Waals surface area contributed by atoms with Gasteiger partial charge in [-0.3, -0.25) is 9.59 Å². The maximum Gasteiger partial charge on any atom is 0.272 e. The van der Waals surface area contributed by atoms with Crippen LogP contribution in [0.1, 0.15) is 60.5 Å². The molecule has 38 heavy (non-hydrogen) atoms. The van der Waals surface area contributed by atoms with Gasteiger partial charge in [-0.05, 0) is 30.9 Å². The molecule has 1 unspecified atom stereocenters. The fraction of sp³-hybridized carbons (Fsp3) is 0.281. The molecule has 6 heteroatoms. The number of aromatic nitrogens is 1. The number of carbonyl (C=O) groups is 2. The second-order valence-electron chi connectivity index (χ2n) is 10.1. The van der Waals surface area contributed by atoms with Gasteiger partial charge in [0.2, 0.25) is 6.17 Å². The predicted molar refractivity (Wildman–Crippen MR) is 152 cm³/mol. The summed E-state index contributed by atoms with van der Waals surface area (Å²) in [5, 5.41) is 5.11. The Kier molecular flexibility index (Phi) is 6.54. The highest BCUT2D eigenvalue weighted by Gasteiger charge is 2.33. The molecule has 192 valence electrons. The molecule has 0 bridgehead atoms. The molecule has 1 atom stereocenters. The lowest BCUT2D eigenvalue weighted by Gasteiger charge is -2.25. The molecular formula is C32H32N4O2. The van der Waals surface area contributed by atoms with E-state index < -0.39 is 6.17 Å². The summed E-state index contributed by atoms with van der Waals surface area (Å²) in [5.41, 5.74) is 5.22. The summed E-state index contributed by atoms with van der Waals surface area (Å²) in [4.78, 5) is 34.6. The Bertz CT molecular complexity index is 1580. The monoisotopic (exact) mass is 504 g/mol. The Balaban J connectivity index is 1.42. The van der Waals surface area contributed by atoms with Crippen molar-refractivity contribution in [1.82, 2.24) is 9.88 Å². The van der Waals surface area contributed by atoms with Crippen molar-refractivity contribution in [3.63, 3.8) is 0 Å². The number of rotatable bonds is 7. The Morgan fingerprint density at radius 1 is 1.08 bits per heavy atom. The highest BCUT2D eigenvalue weighted by Crippen LogP contribution is 2.28. The molecule has 0 saturated carbocycles. The number of carbonyl (C=O) groups excluding carboxylic acids is 2. The summed E-state index contributed by atoms with van der Waals surface area (Å²) in [5.74, 6) is -0.475. The zero-order chi connectivity index (χ0) is 26.1. The quantitative estimate of drug-likeness (QED) is 0.496. The minimum absolute atomic E-state index is 0.205. The van der Waals surface area contributed by atoms with E-state index in [1.165, 1.54) is 5.57 Å². The van der Waals surface area contributed by atoms with Crippen LogP contribution in [-0.2, 0) is 11.3 Å². The van der Waals surface area contributed by atoms with Crippen LogP contribution in [0.2, 0.25) is 0 Å². The Labute approximate surface area is 222 Å². The first-order valence-electron chi connectivity index (χ1n) is 13.6. The van der Waals surface area contributed by atoms with Gasteiger partial charge in [-0.1, -0.05) is 86.5 Å². The largest absolute Gasteiger partial charge is 0.343 e. The van der Waals surface area contributed by atoms with Crippen LogP contribution in [0.15, 0.2) is 77.9 Å². The van der Waals surface area contributed by atoms with Crippen molar-refractivity contribution in [2.45, 2.75) is 51.7 Å². The molecule has 2 aromatic carbocycles. The number of anilines is 1. The topological polar surface area (TPSA) is 66.7 Å². The van der Waals surface area contributed by atoms with Gasteiger partial charge < -0.3 is 14.8 Å². The number of amides is 2. The second-order valence-corrected chi connectivity index (χ2v) is 10.1. The molecular weight excluding hydrogens is 472 g/mol. The van der Waals surface area contributed by atoms with E-state index in [1.807, 2.05) is 65.7 Å². The maximum atomic E-state index is 14.0. The van der Waals surface area contributed by atoms with Crippen LogP contribution in [0.5, 0.6) is 0 Å². The maximum absolute atomic E-state index is 14.0. The van der Waals surface area contributed by atoms with E-state index >= 15 is 0 Å². The van der Waals surface area contributed by atoms with Crippen molar-refractivity contribution in [1.29, 1.82) is 0 Å². The molecule has 2 amide bonds. The van der Waals surface area contributed by atoms with Gasteiger partial charge in [0.1, 0.15) is 0 Å². The number of unbranched alkanes of at least 4 members (excludes halogenated alkanes) is 2. The summed E-state index contributed by atoms with van der Waals surface area (Å²) in [6, 6.07) is 17.8. The molecule has 1 aliphatic carbocycles. The van der Waals surface area contributed by atoms with Gasteiger partial charge >= 0.3 is 0 Å². The third-order valence-corrected chi connectivity index (χ3v) is 7.56. The average Bonchev–Trinajstić information content (AvgIpc) is 3.29. The molecule has 0 fully saturated rings. The van der Waals surface area contributed by atoms with E-state index in [0.29, 0.717) is 17.8 Å². The number of benzodiazepines with no additional fused rings is 1. The average molecular weight is 505 g/mol. The summed E-state index contributed by atoms with van der Waals surface area (Å²) in [6.45, 7) is 3.47. The molecule has 6 rings (SSSR count). The number of nitrogens with zero attached hydrogens (tertiary/aromatic N) is 3. The van der Waals surface area contributed by atoms with Gasteiger partial charge in [0, 0.05) is 35.6 Å². The van der Waals surface area contributed by atoms with E-state index in [9.17, 15) is 9.59 Å². The Hall–Kier alpha value is -4.19. The number of fused-ring (bicyclic) bond motifs is 1. The number of allylic oxidation sites excluding steroid dienone is 2. The fourth-order valence-corrected chi connectivity index (χ4v) is 5.72. The van der Waals surface area contributed by atoms with Crippen molar-refractivity contribution < 1.29 is 9.59 Å². The van der Waals surface area contributed by atoms with Crippen LogP contribution in [0, 0.1) is 0 Å². The van der Waals surface area contributed by atoms with Gasteiger partial charge in [0.25, 0.3) is 11.8 Å². The van der Waals surface area contributed by atoms with E-state index in [2.05, 4.69) is 35.0 Å². The molecule has 6 nitrogen and oxygen atoms in total. The molecule has 3 aliphatic rings. The van der Waals surface area contributed by atoms with E-state index in [1.54, 1.807) is 0 Å². The number of benzene rings is 2. The highest BCUT2D eigenvalue weighted by atomic mass is 16.2. The van der Waals surface area contributed by atoms with Gasteiger partial charge in [0.15, 0.2) is 0 Å². The fourth-order valence-electron chi connectivity index (χ4n) is 5.72. The molecule has 0 radical (unpaired) electrons. The molecule has 0 saturated heterocycles. The first kappa shape index (κ1) is 24.2. The minimum atomic E-state index is -1.03. The van der Waals surface area contributed by atoms with Crippen LogP contribution in [0.25, 0.3) is 11.6 Å². The van der Waals surface area contributed by atoms with Crippen LogP contribution in [0.3, 0.4) is 0 Å². The zero-order valence-corrected chi connectivity index (χ0v) is 21.7. The van der Waals surface area contributed by atoms with Crippen molar-refractivity contribution in [2.24, 2.45) is 4.99 Å². The molecule has 1 aromatic heterocycles. The van der Waals surface area contributed by atoms with Crippen molar-refractivity contribution >= 4 is 34.9 Å². The SMILES string of the molecule is CCCCCN1C(=O)C(NC(=O)c2cn3c4c2=CCCC=4C=CC3)N=C(c2ccccc2)c2ccccc21. The summed E-state index contributed by atoms with van der Waals surface area (Å²) in [6.07, 6.45) is 12.2. The molecule has 3 aromatic rings. The van der Waals surface area contributed by atoms with Crippen molar-refractivity contribution in [3.8, 4) is 0 Å². The zero-order valence-electron chi connectivity index (χ0n) is 21.7. The minimum Gasteiger partial charge on any atom is -0.343 e. The van der Waals surface area contributed by atoms with E-state index in [4.69, 9.17) is 4.99 Å². The molecule has 3 heterocycles. The lowest BCUT2D eigenvalue weighted by Crippen LogP contribution is -2.48. The third kappa shape index (κ3) is 4.30. The van der Waals surface area contributed by atoms with Gasteiger partial charge in [-0.15, -0.1) is 0 Å². The third-order valence-electron chi connectivity index (χ3n) is 7.56. The number of para-hydroxylation sites is 1. The lowest BCUT2D eigenvalue weighted by atomic mass is 10.00.